The zero-order chi connectivity index (χ0) is 27.7. The minimum Gasteiger partial charge on any atom is -0.381 e. The summed E-state index contributed by atoms with van der Waals surface area (Å²) in [6.07, 6.45) is 5.20. The molecular weight excluding hydrogens is 535 g/mol. The van der Waals surface area contributed by atoms with E-state index in [1.165, 1.54) is 52.6 Å². The fraction of sp³-hybridized carbons (Fsp3) is 0.269. The lowest BCUT2D eigenvalue weighted by atomic mass is 9.92. The number of thioether (sulfide) groups is 1. The highest BCUT2D eigenvalue weighted by atomic mass is 32.2. The molecule has 3 aromatic rings. The van der Waals surface area contributed by atoms with Crippen molar-refractivity contribution in [2.75, 3.05) is 13.1 Å². The van der Waals surface area contributed by atoms with E-state index in [0.29, 0.717) is 36.2 Å². The van der Waals surface area contributed by atoms with Crippen molar-refractivity contribution in [2.24, 2.45) is 0 Å². The number of aliphatic hydroxyl groups is 1. The number of hydrogen-bond donors (Lipinski definition) is 1. The Morgan fingerprint density at radius 3 is 2.49 bits per heavy atom. The fourth-order valence-electron chi connectivity index (χ4n) is 4.33. The Morgan fingerprint density at radius 1 is 1.13 bits per heavy atom. The first kappa shape index (κ1) is 26.6. The van der Waals surface area contributed by atoms with Gasteiger partial charge in [-0.25, -0.2) is 22.8 Å². The van der Waals surface area contributed by atoms with E-state index >= 15 is 0 Å². The Kier molecular flexibility index (Phi) is 7.28. The van der Waals surface area contributed by atoms with Crippen molar-refractivity contribution >= 4 is 34.9 Å². The van der Waals surface area contributed by atoms with Gasteiger partial charge in [-0.3, -0.25) is 19.3 Å². The van der Waals surface area contributed by atoms with E-state index in [4.69, 9.17) is 0 Å². The van der Waals surface area contributed by atoms with Gasteiger partial charge in [-0.15, -0.1) is 0 Å². The van der Waals surface area contributed by atoms with E-state index in [0.717, 1.165) is 17.0 Å². The van der Waals surface area contributed by atoms with Gasteiger partial charge in [0.2, 0.25) is 5.91 Å². The molecule has 0 bridgehead atoms. The monoisotopic (exact) mass is 557 g/mol. The molecule has 0 radical (unpaired) electrons. The molecule has 1 aromatic heterocycles. The lowest BCUT2D eigenvalue weighted by Gasteiger charge is -2.35. The fourth-order valence-corrected chi connectivity index (χ4v) is 5.17. The zero-order valence-corrected chi connectivity index (χ0v) is 21.2. The van der Waals surface area contributed by atoms with Gasteiger partial charge in [0.1, 0.15) is 42.3 Å². The third-order valence-electron chi connectivity index (χ3n) is 6.40. The van der Waals surface area contributed by atoms with E-state index in [1.807, 2.05) is 0 Å². The molecule has 2 fully saturated rings. The van der Waals surface area contributed by atoms with Crippen LogP contribution in [0.4, 0.5) is 18.0 Å². The minimum absolute atomic E-state index is 0.0773. The number of halogens is 3. The molecule has 39 heavy (non-hydrogen) atoms. The summed E-state index contributed by atoms with van der Waals surface area (Å²) in [5.41, 5.74) is -1.77. The lowest BCUT2D eigenvalue weighted by Crippen LogP contribution is -2.50. The summed E-state index contributed by atoms with van der Waals surface area (Å²) >= 11 is 0.656. The number of rotatable bonds is 9. The van der Waals surface area contributed by atoms with Gasteiger partial charge in [0, 0.05) is 17.7 Å². The molecule has 1 atom stereocenters. The molecule has 202 valence electrons. The average molecular weight is 558 g/mol. The summed E-state index contributed by atoms with van der Waals surface area (Å²) < 4.78 is 42.9. The molecule has 1 saturated heterocycles. The van der Waals surface area contributed by atoms with E-state index in [9.17, 15) is 32.7 Å². The van der Waals surface area contributed by atoms with Crippen LogP contribution in [-0.2, 0) is 21.7 Å². The Balaban J connectivity index is 1.38. The standard InChI is InChI=1S/C26H22F3N5O4S/c27-17-3-1-16(2-4-17)9-22-24(36)33(25(37)39-22)11-23(35)34(19-6-7-19)13-26(38,12-32-15-30-14-31-32)20-8-5-18(28)10-21(20)29/h1-5,8-10,14-15,19,38H,6-7,11-13H2. The highest BCUT2D eigenvalue weighted by Crippen LogP contribution is 2.35. The number of hydrogen-bond acceptors (Lipinski definition) is 7. The summed E-state index contributed by atoms with van der Waals surface area (Å²) in [5, 5.41) is 15.0. The lowest BCUT2D eigenvalue weighted by molar-refractivity contribution is -0.140. The van der Waals surface area contributed by atoms with Crippen molar-refractivity contribution in [3.63, 3.8) is 0 Å². The van der Waals surface area contributed by atoms with Crippen molar-refractivity contribution in [3.05, 3.63) is 88.6 Å². The molecule has 2 heterocycles. The van der Waals surface area contributed by atoms with Gasteiger partial charge in [0.05, 0.1) is 18.0 Å². The van der Waals surface area contributed by atoms with Crippen molar-refractivity contribution in [1.82, 2.24) is 24.6 Å². The number of aromatic nitrogens is 3. The number of nitrogens with zero attached hydrogens (tertiary/aromatic N) is 5. The van der Waals surface area contributed by atoms with E-state index in [2.05, 4.69) is 10.1 Å². The third kappa shape index (κ3) is 5.88. The van der Waals surface area contributed by atoms with Crippen LogP contribution in [0.2, 0.25) is 0 Å². The highest BCUT2D eigenvalue weighted by Gasteiger charge is 2.44. The van der Waals surface area contributed by atoms with Crippen molar-refractivity contribution in [3.8, 4) is 0 Å². The molecule has 9 nitrogen and oxygen atoms in total. The van der Waals surface area contributed by atoms with Crippen LogP contribution in [-0.4, -0.2) is 65.9 Å². The second-order valence-electron chi connectivity index (χ2n) is 9.32. The van der Waals surface area contributed by atoms with Crippen LogP contribution in [0.5, 0.6) is 0 Å². The van der Waals surface area contributed by atoms with Crippen molar-refractivity contribution < 1.29 is 32.7 Å². The maximum atomic E-state index is 14.8. The van der Waals surface area contributed by atoms with Gasteiger partial charge < -0.3 is 10.0 Å². The predicted molar refractivity (Wildman–Crippen MR) is 134 cm³/mol. The first-order valence-corrected chi connectivity index (χ1v) is 12.8. The Morgan fingerprint density at radius 2 is 1.85 bits per heavy atom. The number of benzene rings is 2. The second kappa shape index (κ2) is 10.7. The zero-order valence-electron chi connectivity index (χ0n) is 20.3. The maximum absolute atomic E-state index is 14.8. The molecule has 1 aliphatic heterocycles. The summed E-state index contributed by atoms with van der Waals surface area (Å²) in [6.45, 7) is -1.29. The molecule has 2 aliphatic rings. The van der Waals surface area contributed by atoms with Crippen molar-refractivity contribution in [2.45, 2.75) is 31.0 Å². The maximum Gasteiger partial charge on any atom is 0.294 e. The van der Waals surface area contributed by atoms with Gasteiger partial charge in [0.15, 0.2) is 0 Å². The topological polar surface area (TPSA) is 109 Å². The van der Waals surface area contributed by atoms with Gasteiger partial charge >= 0.3 is 0 Å². The second-order valence-corrected chi connectivity index (χ2v) is 10.3. The molecule has 1 unspecified atom stereocenters. The van der Waals surface area contributed by atoms with Crippen LogP contribution in [0.15, 0.2) is 60.0 Å². The SMILES string of the molecule is O=C1SC(=Cc2ccc(F)cc2)C(=O)N1CC(=O)N(CC(O)(Cn1cncn1)c1ccc(F)cc1F)C1CC1. The van der Waals surface area contributed by atoms with Crippen LogP contribution >= 0.6 is 11.8 Å². The molecule has 3 amide bonds. The number of imide groups is 1. The van der Waals surface area contributed by atoms with Gasteiger partial charge in [-0.2, -0.15) is 5.10 Å². The Hall–Kier alpha value is -3.97. The van der Waals surface area contributed by atoms with Crippen LogP contribution in [0, 0.1) is 17.5 Å². The van der Waals surface area contributed by atoms with Crippen LogP contribution in [0.1, 0.15) is 24.0 Å². The number of carbonyl (C=O) groups excluding carboxylic acids is 3. The molecule has 2 aromatic carbocycles. The van der Waals surface area contributed by atoms with Gasteiger partial charge in [-0.05, 0) is 54.4 Å². The predicted octanol–water partition coefficient (Wildman–Crippen LogP) is 3.31. The quantitative estimate of drug-likeness (QED) is 0.402. The normalized spacial score (nSPS) is 18.1. The first-order chi connectivity index (χ1) is 18.6. The summed E-state index contributed by atoms with van der Waals surface area (Å²) in [6, 6.07) is 7.79. The summed E-state index contributed by atoms with van der Waals surface area (Å²) in [4.78, 5) is 45.0. The molecule has 1 saturated carbocycles. The molecule has 5 rings (SSSR count). The van der Waals surface area contributed by atoms with Crippen LogP contribution in [0.3, 0.4) is 0 Å². The minimum atomic E-state index is -2.04. The third-order valence-corrected chi connectivity index (χ3v) is 7.30. The van der Waals surface area contributed by atoms with E-state index in [-0.39, 0.29) is 23.1 Å². The smallest absolute Gasteiger partial charge is 0.294 e. The molecule has 13 heteroatoms. The van der Waals surface area contributed by atoms with E-state index < -0.39 is 53.2 Å². The Bertz CT molecular complexity index is 1450. The van der Waals surface area contributed by atoms with Gasteiger partial charge in [-0.1, -0.05) is 18.2 Å². The summed E-state index contributed by atoms with van der Waals surface area (Å²) in [7, 11) is 0. The van der Waals surface area contributed by atoms with Gasteiger partial charge in [0.25, 0.3) is 11.1 Å². The van der Waals surface area contributed by atoms with Crippen LogP contribution < -0.4 is 0 Å². The Labute approximate surface area is 224 Å². The molecule has 1 N–H and O–H groups in total. The number of carbonyl (C=O) groups is 3. The van der Waals surface area contributed by atoms with E-state index in [1.54, 1.807) is 0 Å². The summed E-state index contributed by atoms with van der Waals surface area (Å²) in [5.74, 6) is -3.58. The molecule has 1 aliphatic carbocycles. The molecule has 0 spiro atoms. The first-order valence-electron chi connectivity index (χ1n) is 11.9. The molecular formula is C26H22F3N5O4S. The average Bonchev–Trinajstić information content (AvgIpc) is 3.55. The highest BCUT2D eigenvalue weighted by molar-refractivity contribution is 8.18. The van der Waals surface area contributed by atoms with Crippen LogP contribution in [0.25, 0.3) is 6.08 Å². The largest absolute Gasteiger partial charge is 0.381 e. The number of amides is 3. The van der Waals surface area contributed by atoms with Crippen molar-refractivity contribution in [1.29, 1.82) is 0 Å².